The molecule has 0 radical (unpaired) electrons. The topological polar surface area (TPSA) is 26.0 Å². The van der Waals surface area contributed by atoms with Crippen molar-refractivity contribution in [2.24, 2.45) is 0 Å². The van der Waals surface area contributed by atoms with E-state index in [1.165, 1.54) is 6.07 Å². The fourth-order valence-corrected chi connectivity index (χ4v) is 1.71. The summed E-state index contributed by atoms with van der Waals surface area (Å²) < 4.78 is 27.2. The van der Waals surface area contributed by atoms with Gasteiger partial charge in [0.25, 0.3) is 0 Å². The van der Waals surface area contributed by atoms with Gasteiger partial charge in [0.15, 0.2) is 5.82 Å². The number of benzene rings is 2. The Hall–Kier alpha value is -1.61. The van der Waals surface area contributed by atoms with E-state index >= 15 is 0 Å². The maximum atomic E-state index is 13.7. The highest BCUT2D eigenvalue weighted by atomic mass is 35.5. The molecule has 2 rings (SSSR count). The molecular formula is C12H8ClF2N. The largest absolute Gasteiger partial charge is 0.396 e. The molecule has 1 nitrogen and oxygen atoms in total. The van der Waals surface area contributed by atoms with Crippen LogP contribution in [0, 0.1) is 11.6 Å². The summed E-state index contributed by atoms with van der Waals surface area (Å²) in [6.45, 7) is 0. The van der Waals surface area contributed by atoms with Crippen LogP contribution >= 0.6 is 11.6 Å². The smallest absolute Gasteiger partial charge is 0.156 e. The lowest BCUT2D eigenvalue weighted by molar-refractivity contribution is 0.592. The Labute approximate surface area is 96.5 Å². The quantitative estimate of drug-likeness (QED) is 0.751. The van der Waals surface area contributed by atoms with Crippen LogP contribution < -0.4 is 5.73 Å². The van der Waals surface area contributed by atoms with Crippen molar-refractivity contribution in [2.75, 3.05) is 5.73 Å². The molecule has 2 aromatic rings. The molecule has 0 aliphatic heterocycles. The van der Waals surface area contributed by atoms with Crippen LogP contribution in [0.5, 0.6) is 0 Å². The van der Waals surface area contributed by atoms with Gasteiger partial charge in [-0.25, -0.2) is 8.78 Å². The maximum absolute atomic E-state index is 13.7. The second kappa shape index (κ2) is 4.10. The number of rotatable bonds is 1. The van der Waals surface area contributed by atoms with Crippen molar-refractivity contribution >= 4 is 17.3 Å². The van der Waals surface area contributed by atoms with Gasteiger partial charge in [-0.2, -0.15) is 0 Å². The minimum absolute atomic E-state index is 0.101. The predicted molar refractivity (Wildman–Crippen MR) is 61.2 cm³/mol. The van der Waals surface area contributed by atoms with Crippen molar-refractivity contribution in [1.82, 2.24) is 0 Å². The van der Waals surface area contributed by atoms with E-state index in [4.69, 9.17) is 17.3 Å². The second-order valence-electron chi connectivity index (χ2n) is 3.31. The normalized spacial score (nSPS) is 10.4. The molecule has 0 heterocycles. The first-order valence-electron chi connectivity index (χ1n) is 4.59. The fraction of sp³-hybridized carbons (Fsp3) is 0. The highest BCUT2D eigenvalue weighted by Gasteiger charge is 2.15. The number of hydrogen-bond donors (Lipinski definition) is 1. The molecule has 0 unspecified atom stereocenters. The molecule has 0 saturated heterocycles. The Morgan fingerprint density at radius 1 is 1.00 bits per heavy atom. The highest BCUT2D eigenvalue weighted by molar-refractivity contribution is 6.33. The summed E-state index contributed by atoms with van der Waals surface area (Å²) in [6.07, 6.45) is 0. The highest BCUT2D eigenvalue weighted by Crippen LogP contribution is 2.33. The van der Waals surface area contributed by atoms with E-state index in [1.54, 1.807) is 24.3 Å². The molecule has 0 saturated carbocycles. The summed E-state index contributed by atoms with van der Waals surface area (Å²) in [4.78, 5) is 0. The first kappa shape index (κ1) is 10.9. The van der Waals surface area contributed by atoms with E-state index in [2.05, 4.69) is 0 Å². The van der Waals surface area contributed by atoms with Gasteiger partial charge in [0.1, 0.15) is 5.82 Å². The standard InChI is InChI=1S/C12H8ClF2N/c13-8-4-2-1-3-7(8)11-9(14)5-6-10(16)12(11)15/h1-6H,16H2. The Morgan fingerprint density at radius 3 is 2.38 bits per heavy atom. The van der Waals surface area contributed by atoms with Crippen LogP contribution in [-0.2, 0) is 0 Å². The molecule has 0 aliphatic carbocycles. The zero-order chi connectivity index (χ0) is 11.7. The van der Waals surface area contributed by atoms with Crippen LogP contribution in [0.4, 0.5) is 14.5 Å². The molecule has 0 fully saturated rings. The SMILES string of the molecule is Nc1ccc(F)c(-c2ccccc2Cl)c1F. The molecule has 4 heteroatoms. The number of hydrogen-bond acceptors (Lipinski definition) is 1. The molecular weight excluding hydrogens is 232 g/mol. The van der Waals surface area contributed by atoms with Gasteiger partial charge in [0.05, 0.1) is 11.3 Å². The Bertz CT molecular complexity index is 541. The van der Waals surface area contributed by atoms with Crippen LogP contribution in [-0.4, -0.2) is 0 Å². The van der Waals surface area contributed by atoms with Crippen molar-refractivity contribution in [2.45, 2.75) is 0 Å². The molecule has 16 heavy (non-hydrogen) atoms. The zero-order valence-electron chi connectivity index (χ0n) is 8.18. The second-order valence-corrected chi connectivity index (χ2v) is 3.71. The molecule has 0 atom stereocenters. The summed E-state index contributed by atoms with van der Waals surface area (Å²) in [5.74, 6) is -1.46. The maximum Gasteiger partial charge on any atom is 0.156 e. The third-order valence-electron chi connectivity index (χ3n) is 2.26. The third-order valence-corrected chi connectivity index (χ3v) is 2.59. The third kappa shape index (κ3) is 1.74. The molecule has 0 spiro atoms. The van der Waals surface area contributed by atoms with Crippen molar-refractivity contribution in [1.29, 1.82) is 0 Å². The number of nitrogen functional groups attached to an aromatic ring is 1. The number of halogens is 3. The van der Waals surface area contributed by atoms with Gasteiger partial charge in [-0.3, -0.25) is 0 Å². The lowest BCUT2D eigenvalue weighted by Gasteiger charge is -2.08. The summed E-state index contributed by atoms with van der Waals surface area (Å²) in [7, 11) is 0. The van der Waals surface area contributed by atoms with Crippen molar-refractivity contribution < 1.29 is 8.78 Å². The molecule has 2 aromatic carbocycles. The molecule has 0 aromatic heterocycles. The van der Waals surface area contributed by atoms with E-state index in [-0.39, 0.29) is 16.3 Å². The molecule has 2 N–H and O–H groups in total. The average molecular weight is 240 g/mol. The zero-order valence-corrected chi connectivity index (χ0v) is 8.93. The minimum Gasteiger partial charge on any atom is -0.396 e. The number of nitrogens with two attached hydrogens (primary N) is 1. The van der Waals surface area contributed by atoms with Crippen LogP contribution in [0.15, 0.2) is 36.4 Å². The van der Waals surface area contributed by atoms with Crippen molar-refractivity contribution in [3.8, 4) is 11.1 Å². The van der Waals surface area contributed by atoms with Gasteiger partial charge >= 0.3 is 0 Å². The summed E-state index contributed by atoms with van der Waals surface area (Å²) in [5, 5.41) is 0.283. The first-order chi connectivity index (χ1) is 7.61. The first-order valence-corrected chi connectivity index (χ1v) is 4.97. The van der Waals surface area contributed by atoms with E-state index in [0.717, 1.165) is 6.07 Å². The van der Waals surface area contributed by atoms with Crippen LogP contribution in [0.2, 0.25) is 5.02 Å². The van der Waals surface area contributed by atoms with Crippen LogP contribution in [0.25, 0.3) is 11.1 Å². The monoisotopic (exact) mass is 239 g/mol. The van der Waals surface area contributed by atoms with E-state index in [0.29, 0.717) is 5.56 Å². The van der Waals surface area contributed by atoms with Gasteiger partial charge in [-0.05, 0) is 18.2 Å². The van der Waals surface area contributed by atoms with Gasteiger partial charge in [-0.1, -0.05) is 29.8 Å². The molecule has 0 bridgehead atoms. The summed E-state index contributed by atoms with van der Waals surface area (Å²) >= 11 is 5.88. The van der Waals surface area contributed by atoms with Crippen LogP contribution in [0.1, 0.15) is 0 Å². The van der Waals surface area contributed by atoms with E-state index < -0.39 is 11.6 Å². The lowest BCUT2D eigenvalue weighted by Crippen LogP contribution is -1.97. The fourth-order valence-electron chi connectivity index (χ4n) is 1.48. The van der Waals surface area contributed by atoms with E-state index in [9.17, 15) is 8.78 Å². The van der Waals surface area contributed by atoms with Gasteiger partial charge in [0.2, 0.25) is 0 Å². The van der Waals surface area contributed by atoms with Gasteiger partial charge in [-0.15, -0.1) is 0 Å². The lowest BCUT2D eigenvalue weighted by atomic mass is 10.0. The van der Waals surface area contributed by atoms with Gasteiger partial charge < -0.3 is 5.73 Å². The predicted octanol–water partition coefficient (Wildman–Crippen LogP) is 3.87. The van der Waals surface area contributed by atoms with Crippen molar-refractivity contribution in [3.05, 3.63) is 53.1 Å². The minimum atomic E-state index is -0.784. The van der Waals surface area contributed by atoms with Crippen LogP contribution in [0.3, 0.4) is 0 Å². The number of anilines is 1. The van der Waals surface area contributed by atoms with Crippen molar-refractivity contribution in [3.63, 3.8) is 0 Å². The van der Waals surface area contributed by atoms with Gasteiger partial charge in [0, 0.05) is 10.6 Å². The Morgan fingerprint density at radius 2 is 1.69 bits per heavy atom. The Balaban J connectivity index is 2.74. The molecule has 0 aliphatic rings. The summed E-state index contributed by atoms with van der Waals surface area (Å²) in [6, 6.07) is 8.77. The average Bonchev–Trinajstić information content (AvgIpc) is 2.27. The molecule has 0 amide bonds. The van der Waals surface area contributed by atoms with E-state index in [1.807, 2.05) is 0 Å². The summed E-state index contributed by atoms with van der Waals surface area (Å²) in [5.41, 5.74) is 5.40. The Kier molecular flexibility index (Phi) is 2.79. The molecule has 82 valence electrons.